The van der Waals surface area contributed by atoms with E-state index >= 15 is 0 Å². The Balaban J connectivity index is 1.93. The molecule has 0 saturated heterocycles. The van der Waals surface area contributed by atoms with E-state index in [1.165, 1.54) is 23.2 Å². The third kappa shape index (κ3) is 7.08. The normalized spacial score (nSPS) is 10.5. The first-order valence-electron chi connectivity index (χ1n) is 10.1. The van der Waals surface area contributed by atoms with E-state index in [9.17, 15) is 19.5 Å². The van der Waals surface area contributed by atoms with Crippen molar-refractivity contribution in [2.24, 2.45) is 0 Å². The number of nitrogens with one attached hydrogen (secondary N) is 1. The largest absolute Gasteiger partial charge is 0.465 e. The van der Waals surface area contributed by atoms with Gasteiger partial charge in [0.25, 0.3) is 5.91 Å². The van der Waals surface area contributed by atoms with Crippen LogP contribution in [0.25, 0.3) is 0 Å². The maximum Gasteiger partial charge on any atom is 0.411 e. The van der Waals surface area contributed by atoms with E-state index in [1.807, 2.05) is 13.0 Å². The Morgan fingerprint density at radius 1 is 1.03 bits per heavy atom. The van der Waals surface area contributed by atoms with Gasteiger partial charge in [0, 0.05) is 49.9 Å². The summed E-state index contributed by atoms with van der Waals surface area (Å²) in [5.74, 6) is -0.260. The van der Waals surface area contributed by atoms with Gasteiger partial charge in [-0.2, -0.15) is 0 Å². The molecule has 2 N–H and O–H groups in total. The summed E-state index contributed by atoms with van der Waals surface area (Å²) in [6, 6.07) is 10.5. The molecule has 0 atom stereocenters. The van der Waals surface area contributed by atoms with Crippen LogP contribution in [0.2, 0.25) is 0 Å². The molecule has 9 heteroatoms. The number of hydrogen-bond acceptors (Lipinski definition) is 5. The number of nitrogens with zero attached hydrogens (tertiary/aromatic N) is 2. The summed E-state index contributed by atoms with van der Waals surface area (Å²) >= 11 is 1.47. The van der Waals surface area contributed by atoms with Gasteiger partial charge in [-0.15, -0.1) is 11.3 Å². The molecule has 1 heterocycles. The van der Waals surface area contributed by atoms with Crippen LogP contribution in [0, 0.1) is 0 Å². The number of anilines is 2. The molecule has 1 aromatic heterocycles. The maximum absolute atomic E-state index is 12.2. The topological polar surface area (TPSA) is 99.2 Å². The molecule has 3 amide bonds. The van der Waals surface area contributed by atoms with Crippen LogP contribution in [0.4, 0.5) is 16.2 Å². The number of aryl methyl sites for hydroxylation is 1. The Morgan fingerprint density at radius 3 is 2.19 bits per heavy atom. The van der Waals surface area contributed by atoms with Crippen molar-refractivity contribution >= 4 is 40.6 Å². The van der Waals surface area contributed by atoms with Crippen molar-refractivity contribution in [3.05, 3.63) is 46.2 Å². The zero-order chi connectivity index (χ0) is 22.8. The Labute approximate surface area is 186 Å². The van der Waals surface area contributed by atoms with Crippen LogP contribution in [0.1, 0.15) is 34.8 Å². The molecule has 0 aliphatic carbocycles. The molecule has 0 bridgehead atoms. The van der Waals surface area contributed by atoms with Gasteiger partial charge in [0.2, 0.25) is 5.91 Å². The summed E-state index contributed by atoms with van der Waals surface area (Å²) < 4.78 is 5.04. The molecular weight excluding hydrogens is 418 g/mol. The summed E-state index contributed by atoms with van der Waals surface area (Å²) in [6.07, 6.45) is 0.285. The van der Waals surface area contributed by atoms with E-state index < -0.39 is 6.09 Å². The number of carbonyl (C=O) groups excluding carboxylic acids is 2. The molecule has 2 aromatic rings. The van der Waals surface area contributed by atoms with Crippen molar-refractivity contribution in [2.45, 2.75) is 26.7 Å². The lowest BCUT2D eigenvalue weighted by molar-refractivity contribution is -0.116. The zero-order valence-electron chi connectivity index (χ0n) is 18.1. The minimum atomic E-state index is -1.08. The number of methoxy groups -OCH3 is 1. The highest BCUT2D eigenvalue weighted by Crippen LogP contribution is 2.22. The first-order valence-corrected chi connectivity index (χ1v) is 10.9. The fraction of sp³-hybridized carbons (Fsp3) is 0.409. The van der Waals surface area contributed by atoms with Crippen molar-refractivity contribution in [1.29, 1.82) is 0 Å². The van der Waals surface area contributed by atoms with Crippen LogP contribution in [0.5, 0.6) is 0 Å². The van der Waals surface area contributed by atoms with Crippen molar-refractivity contribution in [2.75, 3.05) is 43.2 Å². The van der Waals surface area contributed by atoms with Crippen molar-refractivity contribution < 1.29 is 24.2 Å². The average Bonchev–Trinajstić information content (AvgIpc) is 3.23. The van der Waals surface area contributed by atoms with Gasteiger partial charge in [-0.25, -0.2) is 4.79 Å². The van der Waals surface area contributed by atoms with Gasteiger partial charge in [-0.3, -0.25) is 14.5 Å². The maximum atomic E-state index is 12.2. The predicted octanol–water partition coefficient (Wildman–Crippen LogP) is 3.61. The van der Waals surface area contributed by atoms with Crippen molar-refractivity contribution in [3.63, 3.8) is 0 Å². The van der Waals surface area contributed by atoms with Gasteiger partial charge in [-0.05, 0) is 49.2 Å². The number of rotatable bonds is 11. The van der Waals surface area contributed by atoms with Gasteiger partial charge in [-0.1, -0.05) is 6.92 Å². The van der Waals surface area contributed by atoms with Gasteiger partial charge < -0.3 is 20.1 Å². The fourth-order valence-corrected chi connectivity index (χ4v) is 3.88. The van der Waals surface area contributed by atoms with E-state index in [1.54, 1.807) is 42.3 Å². The van der Waals surface area contributed by atoms with E-state index in [0.29, 0.717) is 42.4 Å². The molecule has 1 aromatic carbocycles. The fourth-order valence-electron chi connectivity index (χ4n) is 3.01. The number of amides is 3. The standard InChI is InChI=1S/C22H29N3O5S/c1-4-19-10-11-20(31-19)21(27)23-12-5-13-25(22(28)29)18-8-6-17(7-9-18)24(16(2)26)14-15-30-3/h6-11H,4-5,12-15H2,1-3H3,(H,23,27)(H,28,29). The minimum absolute atomic E-state index is 0.118. The molecular formula is C22H29N3O5S. The quantitative estimate of drug-likeness (QED) is 0.513. The molecule has 0 spiro atoms. The number of thiophene rings is 1. The average molecular weight is 448 g/mol. The molecule has 0 aliphatic rings. The number of carboxylic acid groups (broad SMARTS) is 1. The highest BCUT2D eigenvalue weighted by molar-refractivity contribution is 7.14. The molecule has 0 aliphatic heterocycles. The zero-order valence-corrected chi connectivity index (χ0v) is 18.9. The molecule has 2 rings (SSSR count). The minimum Gasteiger partial charge on any atom is -0.465 e. The van der Waals surface area contributed by atoms with E-state index in [0.717, 1.165) is 11.3 Å². The number of carbonyl (C=O) groups is 3. The van der Waals surface area contributed by atoms with Crippen molar-refractivity contribution in [1.82, 2.24) is 5.32 Å². The third-order valence-corrected chi connectivity index (χ3v) is 5.91. The molecule has 8 nitrogen and oxygen atoms in total. The third-order valence-electron chi connectivity index (χ3n) is 4.68. The lowest BCUT2D eigenvalue weighted by Gasteiger charge is -2.23. The molecule has 0 saturated carbocycles. The highest BCUT2D eigenvalue weighted by Gasteiger charge is 2.16. The first-order chi connectivity index (χ1) is 14.9. The summed E-state index contributed by atoms with van der Waals surface area (Å²) in [6.45, 7) is 4.93. The van der Waals surface area contributed by atoms with Crippen LogP contribution < -0.4 is 15.1 Å². The summed E-state index contributed by atoms with van der Waals surface area (Å²) in [7, 11) is 1.57. The second-order valence-electron chi connectivity index (χ2n) is 6.84. The number of benzene rings is 1. The first kappa shape index (κ1) is 24.4. The Kier molecular flexibility index (Phi) is 9.48. The molecule has 168 valence electrons. The predicted molar refractivity (Wildman–Crippen MR) is 122 cm³/mol. The van der Waals surface area contributed by atoms with Gasteiger partial charge in [0.1, 0.15) is 0 Å². The van der Waals surface area contributed by atoms with Crippen LogP contribution in [0.3, 0.4) is 0 Å². The van der Waals surface area contributed by atoms with E-state index in [2.05, 4.69) is 5.32 Å². The SMILES string of the molecule is CCc1ccc(C(=O)NCCCN(C(=O)O)c2ccc(N(CCOC)C(C)=O)cc2)s1. The Hall–Kier alpha value is -2.91. The second-order valence-corrected chi connectivity index (χ2v) is 8.01. The van der Waals surface area contributed by atoms with Crippen molar-refractivity contribution in [3.8, 4) is 0 Å². The number of hydrogen-bond donors (Lipinski definition) is 2. The smallest absolute Gasteiger partial charge is 0.411 e. The van der Waals surface area contributed by atoms with Gasteiger partial charge in [0.05, 0.1) is 11.5 Å². The lowest BCUT2D eigenvalue weighted by Crippen LogP contribution is -2.34. The van der Waals surface area contributed by atoms with Gasteiger partial charge >= 0.3 is 6.09 Å². The molecule has 0 fully saturated rings. The monoisotopic (exact) mass is 447 g/mol. The summed E-state index contributed by atoms with van der Waals surface area (Å²) in [4.78, 5) is 40.4. The van der Waals surface area contributed by atoms with E-state index in [-0.39, 0.29) is 18.4 Å². The molecule has 0 radical (unpaired) electrons. The number of ether oxygens (including phenoxy) is 1. The highest BCUT2D eigenvalue weighted by atomic mass is 32.1. The lowest BCUT2D eigenvalue weighted by atomic mass is 10.2. The second kappa shape index (κ2) is 12.1. The van der Waals surface area contributed by atoms with Crippen LogP contribution in [0.15, 0.2) is 36.4 Å². The molecule has 31 heavy (non-hydrogen) atoms. The van der Waals surface area contributed by atoms with Crippen LogP contribution >= 0.6 is 11.3 Å². The Morgan fingerprint density at radius 2 is 1.68 bits per heavy atom. The van der Waals surface area contributed by atoms with Gasteiger partial charge in [0.15, 0.2) is 0 Å². The summed E-state index contributed by atoms with van der Waals surface area (Å²) in [5.41, 5.74) is 1.18. The van der Waals surface area contributed by atoms with Crippen LogP contribution in [-0.4, -0.2) is 56.4 Å². The van der Waals surface area contributed by atoms with E-state index in [4.69, 9.17) is 4.74 Å². The van der Waals surface area contributed by atoms with Crippen LogP contribution in [-0.2, 0) is 16.0 Å². The Bertz CT molecular complexity index is 882. The summed E-state index contributed by atoms with van der Waals surface area (Å²) in [5, 5.41) is 12.4. The molecule has 0 unspecified atom stereocenters.